The molecule has 34 heavy (non-hydrogen) atoms. The summed E-state index contributed by atoms with van der Waals surface area (Å²) >= 11 is 0. The van der Waals surface area contributed by atoms with E-state index in [4.69, 9.17) is 28.4 Å². The van der Waals surface area contributed by atoms with Gasteiger partial charge in [-0.3, -0.25) is 28.8 Å². The Balaban J connectivity index is 3.70. The van der Waals surface area contributed by atoms with Crippen molar-refractivity contribution in [3.8, 4) is 0 Å². The van der Waals surface area contributed by atoms with Gasteiger partial charge in [-0.2, -0.15) is 0 Å². The van der Waals surface area contributed by atoms with Crippen molar-refractivity contribution in [3.05, 3.63) is 0 Å². The average molecular weight is 490 g/mol. The number of esters is 6. The zero-order valence-corrected chi connectivity index (χ0v) is 19.9. The summed E-state index contributed by atoms with van der Waals surface area (Å²) < 4.78 is 31.2. The molecule has 4 atom stereocenters. The van der Waals surface area contributed by atoms with E-state index in [0.717, 1.165) is 34.6 Å². The first-order chi connectivity index (χ1) is 15.7. The van der Waals surface area contributed by atoms with Crippen LogP contribution in [0.2, 0.25) is 0 Å². The molecule has 1 rings (SSSR count). The van der Waals surface area contributed by atoms with Crippen LogP contribution in [0.3, 0.4) is 0 Å². The van der Waals surface area contributed by atoms with Crippen molar-refractivity contribution in [2.24, 2.45) is 0 Å². The summed E-state index contributed by atoms with van der Waals surface area (Å²) in [6, 6.07) is 0. The van der Waals surface area contributed by atoms with E-state index in [0.29, 0.717) is 0 Å². The Morgan fingerprint density at radius 2 is 0.941 bits per heavy atom. The molecule has 0 radical (unpaired) electrons. The third kappa shape index (κ3) is 7.97. The number of aliphatic hydroxyl groups is 1. The topological polar surface area (TPSA) is 178 Å². The van der Waals surface area contributed by atoms with Crippen molar-refractivity contribution in [1.82, 2.24) is 0 Å². The molecule has 13 heteroatoms. The molecule has 0 spiro atoms. The Bertz CT molecular complexity index is 760. The second kappa shape index (κ2) is 12.3. The van der Waals surface area contributed by atoms with Crippen LogP contribution >= 0.6 is 0 Å². The van der Waals surface area contributed by atoms with Crippen molar-refractivity contribution in [1.29, 1.82) is 0 Å². The summed E-state index contributed by atoms with van der Waals surface area (Å²) in [4.78, 5) is 70.5. The van der Waals surface area contributed by atoms with Crippen LogP contribution in [0.5, 0.6) is 0 Å². The van der Waals surface area contributed by atoms with E-state index in [9.17, 15) is 33.9 Å². The van der Waals surface area contributed by atoms with Crippen LogP contribution in [0.15, 0.2) is 0 Å². The van der Waals surface area contributed by atoms with Crippen LogP contribution in [-0.4, -0.2) is 83.7 Å². The van der Waals surface area contributed by atoms with Gasteiger partial charge >= 0.3 is 35.8 Å². The highest BCUT2D eigenvalue weighted by Crippen LogP contribution is 2.41. The van der Waals surface area contributed by atoms with E-state index in [-0.39, 0.29) is 19.4 Å². The van der Waals surface area contributed by atoms with Gasteiger partial charge in [-0.05, 0) is 12.8 Å². The fraction of sp³-hybridized carbons (Fsp3) is 0.714. The largest absolute Gasteiger partial charge is 0.466 e. The molecule has 1 saturated carbocycles. The maximum Gasteiger partial charge on any atom is 0.303 e. The molecule has 1 aliphatic carbocycles. The van der Waals surface area contributed by atoms with Crippen LogP contribution < -0.4 is 0 Å². The first kappa shape index (κ1) is 28.8. The van der Waals surface area contributed by atoms with Crippen molar-refractivity contribution in [2.75, 3.05) is 6.61 Å². The smallest absolute Gasteiger partial charge is 0.303 e. The minimum absolute atomic E-state index is 0.0244. The van der Waals surface area contributed by atoms with Gasteiger partial charge in [0.25, 0.3) is 0 Å². The SMILES string of the molecule is CC(=O)OCCC[C@]1(O)C(OC(C)=O)C(OC(C)=O)[C@H](OC(C)=O)C(OC(C)=O)C1OC(C)=O. The van der Waals surface area contributed by atoms with Crippen LogP contribution in [0, 0.1) is 0 Å². The van der Waals surface area contributed by atoms with Gasteiger partial charge in [-0.1, -0.05) is 0 Å². The lowest BCUT2D eigenvalue weighted by Crippen LogP contribution is -2.74. The van der Waals surface area contributed by atoms with Crippen LogP contribution in [0.25, 0.3) is 0 Å². The summed E-state index contributed by atoms with van der Waals surface area (Å²) in [5.41, 5.74) is -2.33. The molecular formula is C21H30O13. The van der Waals surface area contributed by atoms with Crippen molar-refractivity contribution < 1.29 is 62.3 Å². The lowest BCUT2D eigenvalue weighted by molar-refractivity contribution is -0.287. The standard InChI is InChI=1S/C21H30O13/c1-10(22)29-9-7-8-21(28)19(33-14(5)26)17(31-12(3)24)16(30-11(2)23)18(32-13(4)25)20(21)34-15(6)27/h16-20,28H,7-9H2,1-6H3/t16-,17?,18?,19?,20?,21-. The number of carbonyl (C=O) groups excluding carboxylic acids is 6. The summed E-state index contributed by atoms with van der Waals surface area (Å²) in [6.45, 7) is 6.12. The predicted molar refractivity (Wildman–Crippen MR) is 109 cm³/mol. The number of rotatable bonds is 9. The van der Waals surface area contributed by atoms with Crippen LogP contribution in [0.1, 0.15) is 54.4 Å². The Hall–Kier alpha value is -3.22. The zero-order valence-electron chi connectivity index (χ0n) is 19.9. The molecule has 0 heterocycles. The summed E-state index contributed by atoms with van der Waals surface area (Å²) in [5.74, 6) is -5.08. The Labute approximate surface area is 195 Å². The van der Waals surface area contributed by atoms with E-state index in [1.807, 2.05) is 0 Å². The molecule has 0 aliphatic heterocycles. The second-order valence-corrected chi connectivity index (χ2v) is 7.72. The quantitative estimate of drug-likeness (QED) is 0.254. The lowest BCUT2D eigenvalue weighted by atomic mass is 9.71. The molecule has 0 amide bonds. The molecule has 13 nitrogen and oxygen atoms in total. The van der Waals surface area contributed by atoms with E-state index < -0.39 is 71.9 Å². The van der Waals surface area contributed by atoms with Gasteiger partial charge in [0.2, 0.25) is 0 Å². The van der Waals surface area contributed by atoms with E-state index in [1.54, 1.807) is 0 Å². The van der Waals surface area contributed by atoms with Gasteiger partial charge in [0, 0.05) is 41.5 Å². The monoisotopic (exact) mass is 490 g/mol. The molecule has 1 fully saturated rings. The van der Waals surface area contributed by atoms with Crippen molar-refractivity contribution in [3.63, 3.8) is 0 Å². The number of ether oxygens (including phenoxy) is 6. The molecule has 0 aromatic heterocycles. The lowest BCUT2D eigenvalue weighted by Gasteiger charge is -2.52. The maximum atomic E-state index is 11.9. The average Bonchev–Trinajstić information content (AvgIpc) is 2.66. The first-order valence-corrected chi connectivity index (χ1v) is 10.4. The van der Waals surface area contributed by atoms with Crippen LogP contribution in [-0.2, 0) is 57.2 Å². The van der Waals surface area contributed by atoms with Crippen LogP contribution in [0.4, 0.5) is 0 Å². The minimum atomic E-state index is -2.33. The van der Waals surface area contributed by atoms with Crippen molar-refractivity contribution >= 4 is 35.8 Å². The van der Waals surface area contributed by atoms with Gasteiger partial charge in [0.1, 0.15) is 5.60 Å². The zero-order chi connectivity index (χ0) is 26.2. The van der Waals surface area contributed by atoms with E-state index in [2.05, 4.69) is 0 Å². The fourth-order valence-corrected chi connectivity index (χ4v) is 3.78. The molecular weight excluding hydrogens is 460 g/mol. The highest BCUT2D eigenvalue weighted by Gasteiger charge is 2.66. The Kier molecular flexibility index (Phi) is 10.4. The van der Waals surface area contributed by atoms with Crippen molar-refractivity contribution in [2.45, 2.75) is 90.5 Å². The predicted octanol–water partition coefficient (Wildman–Crippen LogP) is -0.267. The highest BCUT2D eigenvalue weighted by atomic mass is 16.7. The Morgan fingerprint density at radius 3 is 1.26 bits per heavy atom. The molecule has 0 aromatic carbocycles. The summed E-state index contributed by atoms with van der Waals surface area (Å²) in [7, 11) is 0. The summed E-state index contributed by atoms with van der Waals surface area (Å²) in [6.07, 6.45) is -8.74. The number of carbonyl (C=O) groups is 6. The van der Waals surface area contributed by atoms with Gasteiger partial charge in [0.05, 0.1) is 6.61 Å². The molecule has 1 N–H and O–H groups in total. The second-order valence-electron chi connectivity index (χ2n) is 7.72. The molecule has 0 bridgehead atoms. The van der Waals surface area contributed by atoms with Gasteiger partial charge in [-0.25, -0.2) is 0 Å². The molecule has 4 unspecified atom stereocenters. The molecule has 1 aliphatic rings. The number of hydrogen-bond acceptors (Lipinski definition) is 13. The van der Waals surface area contributed by atoms with Gasteiger partial charge in [-0.15, -0.1) is 0 Å². The molecule has 192 valence electrons. The minimum Gasteiger partial charge on any atom is -0.466 e. The fourth-order valence-electron chi connectivity index (χ4n) is 3.78. The third-order valence-electron chi connectivity index (χ3n) is 4.75. The Morgan fingerprint density at radius 1 is 0.588 bits per heavy atom. The highest BCUT2D eigenvalue weighted by molar-refractivity contribution is 5.70. The van der Waals surface area contributed by atoms with E-state index >= 15 is 0 Å². The molecule has 0 saturated heterocycles. The van der Waals surface area contributed by atoms with E-state index in [1.165, 1.54) is 6.92 Å². The number of hydrogen-bond donors (Lipinski definition) is 1. The normalized spacial score (nSPS) is 28.1. The van der Waals surface area contributed by atoms with Gasteiger partial charge in [0.15, 0.2) is 30.5 Å². The maximum absolute atomic E-state index is 11.9. The third-order valence-corrected chi connectivity index (χ3v) is 4.75. The molecule has 0 aromatic rings. The summed E-state index contributed by atoms with van der Waals surface area (Å²) in [5, 5.41) is 11.8. The van der Waals surface area contributed by atoms with Gasteiger partial charge < -0.3 is 33.5 Å². The first-order valence-electron chi connectivity index (χ1n) is 10.4.